The molecule has 0 radical (unpaired) electrons. The molecule has 24 heavy (non-hydrogen) atoms. The molecule has 0 bridgehead atoms. The molecule has 0 aliphatic heterocycles. The Bertz CT molecular complexity index is 755. The van der Waals surface area contributed by atoms with Crippen LogP contribution in [0.1, 0.15) is 16.1 Å². The number of nitrogens with zero attached hydrogens (tertiary/aromatic N) is 2. The number of benzene rings is 1. The first-order chi connectivity index (χ1) is 11.5. The van der Waals surface area contributed by atoms with Crippen LogP contribution >= 0.6 is 15.9 Å². The number of carbonyl (C=O) groups is 2. The second kappa shape index (κ2) is 8.30. The topological polar surface area (TPSA) is 86.9 Å². The van der Waals surface area contributed by atoms with E-state index < -0.39 is 5.91 Å². The second-order valence-corrected chi connectivity index (χ2v) is 5.88. The van der Waals surface area contributed by atoms with Crippen LogP contribution in [0.4, 0.5) is 5.88 Å². The highest BCUT2D eigenvalue weighted by atomic mass is 79.9. The smallest absolute Gasteiger partial charge is 0.259 e. The SMILES string of the molecule is CN(C)c1ccc(/C=N\NC(=O)CNC(=O)c2ccccc2Br)o1. The summed E-state index contributed by atoms with van der Waals surface area (Å²) in [6.07, 6.45) is 1.39. The van der Waals surface area contributed by atoms with E-state index >= 15 is 0 Å². The Balaban J connectivity index is 1.80. The molecule has 2 amide bonds. The van der Waals surface area contributed by atoms with Gasteiger partial charge < -0.3 is 14.6 Å². The minimum Gasteiger partial charge on any atom is -0.440 e. The molecule has 7 nitrogen and oxygen atoms in total. The Kier molecular flexibility index (Phi) is 6.14. The Hall–Kier alpha value is -2.61. The molecule has 0 saturated carbocycles. The number of hydrazone groups is 1. The molecule has 0 saturated heterocycles. The van der Waals surface area contributed by atoms with Crippen molar-refractivity contribution in [2.75, 3.05) is 25.5 Å². The van der Waals surface area contributed by atoms with Crippen molar-refractivity contribution < 1.29 is 14.0 Å². The van der Waals surface area contributed by atoms with Gasteiger partial charge in [0.05, 0.1) is 18.3 Å². The number of carbonyl (C=O) groups excluding carboxylic acids is 2. The van der Waals surface area contributed by atoms with Crippen LogP contribution < -0.4 is 15.6 Å². The minimum atomic E-state index is -0.439. The highest BCUT2D eigenvalue weighted by Gasteiger charge is 2.10. The first kappa shape index (κ1) is 17.7. The summed E-state index contributed by atoms with van der Waals surface area (Å²) in [6.45, 7) is -0.182. The number of furan rings is 1. The zero-order valence-electron chi connectivity index (χ0n) is 13.2. The highest BCUT2D eigenvalue weighted by Crippen LogP contribution is 2.15. The molecule has 126 valence electrons. The van der Waals surface area contributed by atoms with Gasteiger partial charge in [0, 0.05) is 24.6 Å². The van der Waals surface area contributed by atoms with Gasteiger partial charge in [0.25, 0.3) is 11.8 Å². The van der Waals surface area contributed by atoms with Crippen molar-refractivity contribution in [2.45, 2.75) is 0 Å². The van der Waals surface area contributed by atoms with E-state index in [0.29, 0.717) is 21.7 Å². The van der Waals surface area contributed by atoms with Gasteiger partial charge in [0.15, 0.2) is 5.88 Å². The zero-order valence-corrected chi connectivity index (χ0v) is 14.8. The summed E-state index contributed by atoms with van der Waals surface area (Å²) in [5.74, 6) is 0.411. The van der Waals surface area contributed by atoms with Crippen molar-refractivity contribution in [3.63, 3.8) is 0 Å². The number of amides is 2. The summed E-state index contributed by atoms with van der Waals surface area (Å²) >= 11 is 3.29. The predicted molar refractivity (Wildman–Crippen MR) is 95.2 cm³/mol. The maximum atomic E-state index is 12.0. The van der Waals surface area contributed by atoms with E-state index in [-0.39, 0.29) is 12.5 Å². The lowest BCUT2D eigenvalue weighted by molar-refractivity contribution is -0.120. The summed E-state index contributed by atoms with van der Waals surface area (Å²) in [7, 11) is 3.71. The van der Waals surface area contributed by atoms with Gasteiger partial charge in [0.1, 0.15) is 5.76 Å². The number of hydrogen-bond donors (Lipinski definition) is 2. The van der Waals surface area contributed by atoms with Crippen LogP contribution in [0.5, 0.6) is 0 Å². The molecular formula is C16H17BrN4O3. The summed E-state index contributed by atoms with van der Waals surface area (Å²) < 4.78 is 6.11. The van der Waals surface area contributed by atoms with E-state index in [0.717, 1.165) is 0 Å². The molecule has 8 heteroatoms. The maximum Gasteiger partial charge on any atom is 0.259 e. The zero-order chi connectivity index (χ0) is 17.5. The van der Waals surface area contributed by atoms with Crippen molar-refractivity contribution in [2.24, 2.45) is 5.10 Å². The third-order valence-electron chi connectivity index (χ3n) is 2.96. The van der Waals surface area contributed by atoms with E-state index in [1.54, 1.807) is 36.4 Å². The fourth-order valence-electron chi connectivity index (χ4n) is 1.76. The van der Waals surface area contributed by atoms with Gasteiger partial charge in [-0.05, 0) is 34.1 Å². The van der Waals surface area contributed by atoms with Gasteiger partial charge >= 0.3 is 0 Å². The number of anilines is 1. The first-order valence-electron chi connectivity index (χ1n) is 7.09. The molecule has 1 heterocycles. The van der Waals surface area contributed by atoms with Crippen molar-refractivity contribution in [3.05, 3.63) is 52.2 Å². The van der Waals surface area contributed by atoms with Crippen LogP contribution in [-0.2, 0) is 4.79 Å². The third-order valence-corrected chi connectivity index (χ3v) is 3.65. The summed E-state index contributed by atoms with van der Waals surface area (Å²) in [4.78, 5) is 25.4. The normalized spacial score (nSPS) is 10.6. The van der Waals surface area contributed by atoms with Crippen molar-refractivity contribution >= 4 is 39.8 Å². The monoisotopic (exact) mass is 392 g/mol. The van der Waals surface area contributed by atoms with Crippen LogP contribution in [-0.4, -0.2) is 38.7 Å². The van der Waals surface area contributed by atoms with Crippen LogP contribution in [0.15, 0.2) is 50.4 Å². The second-order valence-electron chi connectivity index (χ2n) is 5.03. The van der Waals surface area contributed by atoms with E-state index in [4.69, 9.17) is 4.42 Å². The average Bonchev–Trinajstić information content (AvgIpc) is 3.02. The van der Waals surface area contributed by atoms with Gasteiger partial charge in [-0.15, -0.1) is 0 Å². The summed E-state index contributed by atoms with van der Waals surface area (Å²) in [5.41, 5.74) is 2.78. The molecule has 0 atom stereocenters. The Morgan fingerprint density at radius 3 is 2.67 bits per heavy atom. The van der Waals surface area contributed by atoms with Crippen molar-refractivity contribution in [1.82, 2.24) is 10.7 Å². The Morgan fingerprint density at radius 2 is 2.00 bits per heavy atom. The molecule has 1 aromatic carbocycles. The first-order valence-corrected chi connectivity index (χ1v) is 7.88. The fraction of sp³-hybridized carbons (Fsp3) is 0.188. The molecule has 2 aromatic rings. The van der Waals surface area contributed by atoms with Gasteiger partial charge in [-0.1, -0.05) is 12.1 Å². The van der Waals surface area contributed by atoms with Gasteiger partial charge in [0.2, 0.25) is 0 Å². The van der Waals surface area contributed by atoms with Gasteiger partial charge in [-0.25, -0.2) is 5.43 Å². The van der Waals surface area contributed by atoms with Crippen LogP contribution in [0.3, 0.4) is 0 Å². The molecule has 0 aliphatic carbocycles. The molecule has 0 unspecified atom stereocenters. The molecule has 0 fully saturated rings. The molecule has 0 spiro atoms. The van der Waals surface area contributed by atoms with Crippen molar-refractivity contribution in [3.8, 4) is 0 Å². The lowest BCUT2D eigenvalue weighted by Gasteiger charge is -2.06. The maximum absolute atomic E-state index is 12.0. The number of nitrogens with one attached hydrogen (secondary N) is 2. The quantitative estimate of drug-likeness (QED) is 0.581. The Labute approximate surface area is 147 Å². The third kappa shape index (κ3) is 4.95. The lowest BCUT2D eigenvalue weighted by atomic mass is 10.2. The van der Waals surface area contributed by atoms with Crippen LogP contribution in [0.2, 0.25) is 0 Å². The molecule has 2 N–H and O–H groups in total. The highest BCUT2D eigenvalue weighted by molar-refractivity contribution is 9.10. The predicted octanol–water partition coefficient (Wildman–Crippen LogP) is 1.99. The molecule has 0 aliphatic rings. The van der Waals surface area contributed by atoms with Crippen molar-refractivity contribution in [1.29, 1.82) is 0 Å². The number of halogens is 1. The Morgan fingerprint density at radius 1 is 1.25 bits per heavy atom. The van der Waals surface area contributed by atoms with Gasteiger partial charge in [-0.3, -0.25) is 9.59 Å². The number of hydrogen-bond acceptors (Lipinski definition) is 5. The van der Waals surface area contributed by atoms with E-state index in [1.807, 2.05) is 19.0 Å². The van der Waals surface area contributed by atoms with Gasteiger partial charge in [-0.2, -0.15) is 5.10 Å². The average molecular weight is 393 g/mol. The van der Waals surface area contributed by atoms with Crippen LogP contribution in [0.25, 0.3) is 0 Å². The number of rotatable bonds is 6. The van der Waals surface area contributed by atoms with Crippen LogP contribution in [0, 0.1) is 0 Å². The largest absolute Gasteiger partial charge is 0.440 e. The summed E-state index contributed by atoms with van der Waals surface area (Å²) in [6, 6.07) is 10.5. The molecule has 2 rings (SSSR count). The van der Waals surface area contributed by atoms with E-state index in [9.17, 15) is 9.59 Å². The standard InChI is InChI=1S/C16H17BrN4O3/c1-21(2)15-8-7-11(24-15)9-19-20-14(22)10-18-16(23)12-5-3-4-6-13(12)17/h3-9H,10H2,1-2H3,(H,18,23)(H,20,22)/b19-9-. The molecular weight excluding hydrogens is 376 g/mol. The minimum absolute atomic E-state index is 0.182. The lowest BCUT2D eigenvalue weighted by Crippen LogP contribution is -2.35. The fourth-order valence-corrected chi connectivity index (χ4v) is 2.23. The summed E-state index contributed by atoms with van der Waals surface area (Å²) in [5, 5.41) is 6.31. The van der Waals surface area contributed by atoms with E-state index in [2.05, 4.69) is 31.8 Å². The molecule has 1 aromatic heterocycles. The van der Waals surface area contributed by atoms with E-state index in [1.165, 1.54) is 6.21 Å².